The van der Waals surface area contributed by atoms with Gasteiger partial charge in [-0.15, -0.1) is 0 Å². The summed E-state index contributed by atoms with van der Waals surface area (Å²) in [6.07, 6.45) is 1.71. The summed E-state index contributed by atoms with van der Waals surface area (Å²) < 4.78 is 0. The molecule has 0 saturated carbocycles. The number of carbonyl (C=O) groups excluding carboxylic acids is 1. The molecule has 2 rings (SSSR count). The van der Waals surface area contributed by atoms with E-state index in [2.05, 4.69) is 0 Å². The average Bonchev–Trinajstić information content (AvgIpc) is 2.46. The molecule has 0 unspecified atom stereocenters. The molecule has 1 aliphatic heterocycles. The first-order chi connectivity index (χ1) is 9.88. The van der Waals surface area contributed by atoms with Gasteiger partial charge in [0.2, 0.25) is 0 Å². The summed E-state index contributed by atoms with van der Waals surface area (Å²) in [5.74, 6) is -0.199. The van der Waals surface area contributed by atoms with Gasteiger partial charge >= 0.3 is 0 Å². The van der Waals surface area contributed by atoms with Gasteiger partial charge in [-0.3, -0.25) is 14.9 Å². The molecule has 1 amide bonds. The fourth-order valence-electron chi connectivity index (χ4n) is 2.84. The molecule has 1 heterocycles. The van der Waals surface area contributed by atoms with Crippen LogP contribution in [-0.2, 0) is 0 Å². The molecule has 6 nitrogen and oxygen atoms in total. The van der Waals surface area contributed by atoms with Gasteiger partial charge in [-0.2, -0.15) is 0 Å². The number of amides is 1. The molecule has 1 atom stereocenters. The zero-order chi connectivity index (χ0) is 15.6. The summed E-state index contributed by atoms with van der Waals surface area (Å²) in [5, 5.41) is 20.4. The second kappa shape index (κ2) is 5.81. The summed E-state index contributed by atoms with van der Waals surface area (Å²) in [4.78, 5) is 24.8. The minimum absolute atomic E-state index is 0.0324. The van der Waals surface area contributed by atoms with Crippen molar-refractivity contribution in [3.05, 3.63) is 39.4 Å². The monoisotopic (exact) mass is 292 g/mol. The number of aliphatic hydroxyl groups excluding tert-OH is 1. The molecule has 0 bridgehead atoms. The first-order valence-corrected chi connectivity index (χ1v) is 7.02. The van der Waals surface area contributed by atoms with Crippen LogP contribution in [0.2, 0.25) is 0 Å². The Balaban J connectivity index is 2.28. The van der Waals surface area contributed by atoms with Crippen molar-refractivity contribution < 1.29 is 14.8 Å². The number of hydrogen-bond acceptors (Lipinski definition) is 4. The van der Waals surface area contributed by atoms with Crippen LogP contribution in [0.5, 0.6) is 0 Å². The maximum Gasteiger partial charge on any atom is 0.273 e. The first-order valence-electron chi connectivity index (χ1n) is 7.02. The summed E-state index contributed by atoms with van der Waals surface area (Å²) in [5.41, 5.74) is 0.431. The van der Waals surface area contributed by atoms with Crippen LogP contribution in [0.1, 0.15) is 35.7 Å². The summed E-state index contributed by atoms with van der Waals surface area (Å²) in [6, 6.07) is 4.56. The van der Waals surface area contributed by atoms with Gasteiger partial charge in [0.15, 0.2) is 0 Å². The lowest BCUT2D eigenvalue weighted by atomic mass is 9.82. The highest BCUT2D eigenvalue weighted by atomic mass is 16.6. The molecule has 1 aromatic carbocycles. The van der Waals surface area contributed by atoms with E-state index in [1.807, 2.05) is 6.92 Å². The second-order valence-corrected chi connectivity index (χ2v) is 6.01. The van der Waals surface area contributed by atoms with E-state index < -0.39 is 4.92 Å². The van der Waals surface area contributed by atoms with Crippen LogP contribution in [0.4, 0.5) is 5.69 Å². The first kappa shape index (κ1) is 15.4. The van der Waals surface area contributed by atoms with Crippen molar-refractivity contribution in [1.29, 1.82) is 0 Å². The Morgan fingerprint density at radius 1 is 1.52 bits per heavy atom. The Morgan fingerprint density at radius 3 is 2.86 bits per heavy atom. The molecule has 0 spiro atoms. The van der Waals surface area contributed by atoms with Gasteiger partial charge in [-0.1, -0.05) is 13.0 Å². The zero-order valence-electron chi connectivity index (χ0n) is 12.3. The fourth-order valence-corrected chi connectivity index (χ4v) is 2.84. The molecule has 6 heteroatoms. The van der Waals surface area contributed by atoms with Gasteiger partial charge in [0, 0.05) is 35.7 Å². The smallest absolute Gasteiger partial charge is 0.273 e. The molecule has 0 aromatic heterocycles. The van der Waals surface area contributed by atoms with E-state index in [0.717, 1.165) is 12.8 Å². The molecule has 0 radical (unpaired) electrons. The van der Waals surface area contributed by atoms with Crippen molar-refractivity contribution in [3.8, 4) is 0 Å². The quantitative estimate of drug-likeness (QED) is 0.683. The van der Waals surface area contributed by atoms with Crippen LogP contribution in [0.3, 0.4) is 0 Å². The number of piperidine rings is 1. The number of nitro groups is 1. The van der Waals surface area contributed by atoms with Crippen LogP contribution in [0.25, 0.3) is 0 Å². The lowest BCUT2D eigenvalue weighted by Crippen LogP contribution is -2.46. The van der Waals surface area contributed by atoms with Crippen LogP contribution in [-0.4, -0.2) is 40.5 Å². The van der Waals surface area contributed by atoms with Crippen molar-refractivity contribution in [1.82, 2.24) is 4.90 Å². The van der Waals surface area contributed by atoms with Gasteiger partial charge < -0.3 is 10.0 Å². The van der Waals surface area contributed by atoms with E-state index in [-0.39, 0.29) is 23.6 Å². The Labute approximate surface area is 123 Å². The fraction of sp³-hybridized carbons (Fsp3) is 0.533. The van der Waals surface area contributed by atoms with E-state index in [4.69, 9.17) is 0 Å². The van der Waals surface area contributed by atoms with E-state index >= 15 is 0 Å². The van der Waals surface area contributed by atoms with Gasteiger partial charge in [-0.25, -0.2) is 0 Å². The minimum Gasteiger partial charge on any atom is -0.396 e. The van der Waals surface area contributed by atoms with E-state index in [1.54, 1.807) is 17.9 Å². The van der Waals surface area contributed by atoms with Crippen molar-refractivity contribution in [3.63, 3.8) is 0 Å². The topological polar surface area (TPSA) is 83.7 Å². The number of hydrogen-bond donors (Lipinski definition) is 1. The highest BCUT2D eigenvalue weighted by molar-refractivity contribution is 5.96. The van der Waals surface area contributed by atoms with Crippen molar-refractivity contribution in [2.45, 2.75) is 26.7 Å². The van der Waals surface area contributed by atoms with Gasteiger partial charge in [0.05, 0.1) is 11.5 Å². The molecule has 0 aliphatic carbocycles. The largest absolute Gasteiger partial charge is 0.396 e. The highest BCUT2D eigenvalue weighted by Gasteiger charge is 2.33. The maximum absolute atomic E-state index is 12.6. The van der Waals surface area contributed by atoms with E-state index in [9.17, 15) is 20.0 Å². The Hall–Kier alpha value is -1.95. The highest BCUT2D eigenvalue weighted by Crippen LogP contribution is 2.30. The van der Waals surface area contributed by atoms with Crippen molar-refractivity contribution in [2.75, 3.05) is 19.7 Å². The van der Waals surface area contributed by atoms with Crippen molar-refractivity contribution in [2.24, 2.45) is 5.41 Å². The Kier molecular flexibility index (Phi) is 4.27. The van der Waals surface area contributed by atoms with Gasteiger partial charge in [0.1, 0.15) is 0 Å². The number of nitrogens with zero attached hydrogens (tertiary/aromatic N) is 2. The van der Waals surface area contributed by atoms with Crippen LogP contribution in [0, 0.1) is 22.5 Å². The molecule has 114 valence electrons. The van der Waals surface area contributed by atoms with Gasteiger partial charge in [-0.05, 0) is 25.8 Å². The summed E-state index contributed by atoms with van der Waals surface area (Å²) in [6.45, 7) is 4.68. The number of rotatable bonds is 3. The van der Waals surface area contributed by atoms with Gasteiger partial charge in [0.25, 0.3) is 11.6 Å². The third-order valence-corrected chi connectivity index (χ3v) is 4.18. The normalized spacial score (nSPS) is 22.1. The standard InChI is InChI=1S/C15H20N2O4/c1-11-12(5-3-6-13(11)17(20)21)14(19)16-8-4-7-15(2,9-16)10-18/h3,5-6,18H,4,7-10H2,1-2H3/t15-/m0/s1. The zero-order valence-corrected chi connectivity index (χ0v) is 12.3. The third kappa shape index (κ3) is 3.05. The molecule has 1 aromatic rings. The second-order valence-electron chi connectivity index (χ2n) is 6.01. The van der Waals surface area contributed by atoms with Crippen LogP contribution >= 0.6 is 0 Å². The van der Waals surface area contributed by atoms with E-state index in [0.29, 0.717) is 24.2 Å². The molecule has 1 saturated heterocycles. The third-order valence-electron chi connectivity index (χ3n) is 4.18. The molecule has 1 fully saturated rings. The van der Waals surface area contributed by atoms with E-state index in [1.165, 1.54) is 12.1 Å². The SMILES string of the molecule is Cc1c(C(=O)N2CCC[C@](C)(CO)C2)cccc1[N+](=O)[O-]. The number of nitro benzene ring substituents is 1. The average molecular weight is 292 g/mol. The molecular weight excluding hydrogens is 272 g/mol. The van der Waals surface area contributed by atoms with Crippen molar-refractivity contribution >= 4 is 11.6 Å². The number of carbonyl (C=O) groups is 1. The summed E-state index contributed by atoms with van der Waals surface area (Å²) >= 11 is 0. The lowest BCUT2D eigenvalue weighted by molar-refractivity contribution is -0.385. The number of aliphatic hydroxyl groups is 1. The molecule has 21 heavy (non-hydrogen) atoms. The molecule has 1 N–H and O–H groups in total. The van der Waals surface area contributed by atoms with Crippen LogP contribution in [0.15, 0.2) is 18.2 Å². The summed E-state index contributed by atoms with van der Waals surface area (Å²) in [7, 11) is 0. The van der Waals surface area contributed by atoms with Crippen LogP contribution < -0.4 is 0 Å². The number of likely N-dealkylation sites (tertiary alicyclic amines) is 1. The molecular formula is C15H20N2O4. The predicted molar refractivity (Wildman–Crippen MR) is 78.2 cm³/mol. The predicted octanol–water partition coefficient (Wildman–Crippen LogP) is 2.14. The Bertz CT molecular complexity index is 573. The number of benzene rings is 1. The molecule has 1 aliphatic rings. The minimum atomic E-state index is -0.472. The maximum atomic E-state index is 12.6. The Morgan fingerprint density at radius 2 is 2.24 bits per heavy atom. The lowest BCUT2D eigenvalue weighted by Gasteiger charge is -2.39.